The number of nitrogens with two attached hydrogens (primary N) is 2. The summed E-state index contributed by atoms with van der Waals surface area (Å²) in [6, 6.07) is 7.07. The maximum atomic E-state index is 14.4. The van der Waals surface area contributed by atoms with Gasteiger partial charge < -0.3 is 64.0 Å². The van der Waals surface area contributed by atoms with Crippen LogP contribution >= 0.6 is 12.6 Å². The molecular weight excluding hydrogens is 907 g/mol. The van der Waals surface area contributed by atoms with Crippen molar-refractivity contribution in [2.75, 3.05) is 18.8 Å². The van der Waals surface area contributed by atoms with Crippen molar-refractivity contribution in [3.63, 3.8) is 0 Å². The van der Waals surface area contributed by atoms with Crippen LogP contribution in [0.5, 0.6) is 0 Å². The molecule has 0 aliphatic heterocycles. The van der Waals surface area contributed by atoms with Crippen LogP contribution in [0.1, 0.15) is 76.3 Å². The van der Waals surface area contributed by atoms with Gasteiger partial charge in [0.05, 0.1) is 6.54 Å². The molecule has 23 heteroatoms. The molecule has 0 saturated carbocycles. The number of aliphatic carboxylic acids is 3. The van der Waals surface area contributed by atoms with Crippen LogP contribution in [0.4, 0.5) is 0 Å². The van der Waals surface area contributed by atoms with Crippen LogP contribution in [0.25, 0.3) is 0 Å². The standard InChI is InChI=1S/C45H65N9O13S/c1-26(2)21-32(51-40(61)30(16-18-37(56)57)48-36(55)24-47)42(63)52-34(23-28-13-7-4-8-14-28)44(65)53-33(22-27-11-5-3-6-12-27)43(64)50-31(17-19-38(58)59)41(62)49-29(15-9-10-20-46)39(60)54-35(25-68)45(66)67/h3-8,11-14,26,29-35,68H,9-10,15-25,46-47H2,1-2H3,(H,48,55)(H,49,62)(H,50,64)(H,51,61)(H,52,63)(H,53,65)(H,54,60)(H,56,57)(H,58,59)(H,66,67)/t29-,30-,31-,32-,33-,34-,35-/m0/s1. The number of hydrogen-bond acceptors (Lipinski definition) is 13. The van der Waals surface area contributed by atoms with Crippen molar-refractivity contribution in [1.29, 1.82) is 0 Å². The van der Waals surface area contributed by atoms with Gasteiger partial charge in [0.1, 0.15) is 42.3 Å². The summed E-state index contributed by atoms with van der Waals surface area (Å²) in [5, 5.41) is 45.9. The van der Waals surface area contributed by atoms with Gasteiger partial charge in [0.15, 0.2) is 0 Å². The van der Waals surface area contributed by atoms with Gasteiger partial charge in [-0.2, -0.15) is 12.6 Å². The number of rotatable bonds is 32. The Bertz CT molecular complexity index is 2010. The Morgan fingerprint density at radius 2 is 0.868 bits per heavy atom. The van der Waals surface area contributed by atoms with Crippen LogP contribution in [0, 0.1) is 5.92 Å². The Balaban J connectivity index is 2.54. The fourth-order valence-electron chi connectivity index (χ4n) is 6.73. The molecule has 0 saturated heterocycles. The van der Waals surface area contributed by atoms with Gasteiger partial charge in [-0.25, -0.2) is 4.79 Å². The second kappa shape index (κ2) is 30.6. The lowest BCUT2D eigenvalue weighted by molar-refractivity contribution is -0.141. The zero-order valence-corrected chi connectivity index (χ0v) is 39.0. The van der Waals surface area contributed by atoms with E-state index in [1.165, 1.54) is 0 Å². The predicted octanol–water partition coefficient (Wildman–Crippen LogP) is -1.26. The molecule has 0 spiro atoms. The van der Waals surface area contributed by atoms with Gasteiger partial charge in [-0.1, -0.05) is 74.5 Å². The minimum Gasteiger partial charge on any atom is -0.481 e. The number of carboxylic acid groups (broad SMARTS) is 3. The minimum absolute atomic E-state index is 0.00630. The topological polar surface area (TPSA) is 368 Å². The first-order valence-corrected chi connectivity index (χ1v) is 22.8. The molecule has 0 unspecified atom stereocenters. The molecule has 14 N–H and O–H groups in total. The number of unbranched alkanes of at least 4 members (excludes halogenated alkanes) is 1. The number of benzene rings is 2. The number of thiol groups is 1. The van der Waals surface area contributed by atoms with E-state index in [1.54, 1.807) is 74.5 Å². The number of nitrogens with one attached hydrogen (secondary N) is 7. The molecule has 0 aromatic heterocycles. The summed E-state index contributed by atoms with van der Waals surface area (Å²) in [5.74, 6) is -10.5. The van der Waals surface area contributed by atoms with Gasteiger partial charge in [-0.05, 0) is 62.1 Å². The number of carbonyl (C=O) groups is 10. The smallest absolute Gasteiger partial charge is 0.327 e. The molecule has 0 heterocycles. The van der Waals surface area contributed by atoms with Crippen LogP contribution in [-0.2, 0) is 60.8 Å². The molecule has 68 heavy (non-hydrogen) atoms. The van der Waals surface area contributed by atoms with E-state index in [0.717, 1.165) is 0 Å². The van der Waals surface area contributed by atoms with Gasteiger partial charge in [-0.3, -0.25) is 43.2 Å². The van der Waals surface area contributed by atoms with Crippen molar-refractivity contribution in [3.8, 4) is 0 Å². The SMILES string of the molecule is CC(C)C[C@H](NC(=O)[C@H](CCC(=O)O)NC(=O)CN)C(=O)N[C@@H](Cc1ccccc1)C(=O)N[C@@H](Cc1ccccc1)C(=O)N[C@@H](CCC(=O)O)C(=O)N[C@@H](CCCCN)C(=O)N[C@@H](CS)C(=O)O. The summed E-state index contributed by atoms with van der Waals surface area (Å²) < 4.78 is 0. The Morgan fingerprint density at radius 3 is 1.25 bits per heavy atom. The number of carboxylic acids is 3. The molecule has 7 amide bonds. The molecule has 0 bridgehead atoms. The highest BCUT2D eigenvalue weighted by atomic mass is 32.1. The van der Waals surface area contributed by atoms with Gasteiger partial charge in [0.2, 0.25) is 41.4 Å². The average Bonchev–Trinajstić information content (AvgIpc) is 3.29. The zero-order valence-electron chi connectivity index (χ0n) is 38.1. The molecule has 22 nitrogen and oxygen atoms in total. The molecule has 374 valence electrons. The highest BCUT2D eigenvalue weighted by Crippen LogP contribution is 2.12. The lowest BCUT2D eigenvalue weighted by Crippen LogP contribution is -2.60. The van der Waals surface area contributed by atoms with Crippen molar-refractivity contribution in [2.24, 2.45) is 17.4 Å². The van der Waals surface area contributed by atoms with E-state index < -0.39 is 127 Å². The van der Waals surface area contributed by atoms with E-state index in [-0.39, 0.29) is 50.3 Å². The summed E-state index contributed by atoms with van der Waals surface area (Å²) in [5.41, 5.74) is 12.2. The second-order valence-corrected chi connectivity index (χ2v) is 16.7. The van der Waals surface area contributed by atoms with E-state index in [2.05, 4.69) is 49.8 Å². The molecule has 2 aromatic rings. The van der Waals surface area contributed by atoms with Crippen molar-refractivity contribution in [2.45, 2.75) is 120 Å². The van der Waals surface area contributed by atoms with E-state index in [4.69, 9.17) is 11.5 Å². The number of amides is 7. The van der Waals surface area contributed by atoms with E-state index >= 15 is 0 Å². The number of hydrogen-bond donors (Lipinski definition) is 13. The van der Waals surface area contributed by atoms with Gasteiger partial charge in [0.25, 0.3) is 0 Å². The van der Waals surface area contributed by atoms with Crippen molar-refractivity contribution in [1.82, 2.24) is 37.2 Å². The van der Waals surface area contributed by atoms with Crippen LogP contribution in [0.15, 0.2) is 60.7 Å². The van der Waals surface area contributed by atoms with Crippen molar-refractivity contribution in [3.05, 3.63) is 71.8 Å². The first-order valence-electron chi connectivity index (χ1n) is 22.1. The summed E-state index contributed by atoms with van der Waals surface area (Å²) in [6.07, 6.45) is -1.37. The van der Waals surface area contributed by atoms with Crippen LogP contribution in [0.3, 0.4) is 0 Å². The summed E-state index contributed by atoms with van der Waals surface area (Å²) in [4.78, 5) is 130. The zero-order chi connectivity index (χ0) is 50.8. The largest absolute Gasteiger partial charge is 0.481 e. The van der Waals surface area contributed by atoms with E-state index in [1.807, 2.05) is 0 Å². The van der Waals surface area contributed by atoms with Crippen molar-refractivity contribution >= 4 is 71.9 Å². The normalized spacial score (nSPS) is 14.0. The van der Waals surface area contributed by atoms with Gasteiger partial charge >= 0.3 is 17.9 Å². The minimum atomic E-state index is -1.59. The Labute approximate surface area is 399 Å². The average molecular weight is 972 g/mol. The quantitative estimate of drug-likeness (QED) is 0.0301. The number of carbonyl (C=O) groups excluding carboxylic acids is 7. The molecule has 0 aliphatic rings. The summed E-state index contributed by atoms with van der Waals surface area (Å²) >= 11 is 3.97. The second-order valence-electron chi connectivity index (χ2n) is 16.4. The molecule has 0 fully saturated rings. The maximum Gasteiger partial charge on any atom is 0.327 e. The molecule has 0 radical (unpaired) electrons. The molecule has 2 rings (SSSR count). The highest BCUT2D eigenvalue weighted by molar-refractivity contribution is 7.80. The first kappa shape index (κ1) is 57.5. The molecule has 0 aliphatic carbocycles. The van der Waals surface area contributed by atoms with Crippen LogP contribution in [-0.4, -0.2) is 136 Å². The Hall–Kier alpha value is -6.59. The predicted molar refractivity (Wildman–Crippen MR) is 250 cm³/mol. The van der Waals surface area contributed by atoms with E-state index in [9.17, 15) is 63.3 Å². The Morgan fingerprint density at radius 1 is 0.500 bits per heavy atom. The summed E-state index contributed by atoms with van der Waals surface area (Å²) in [7, 11) is 0. The van der Waals surface area contributed by atoms with Crippen LogP contribution < -0.4 is 48.7 Å². The van der Waals surface area contributed by atoms with Crippen LogP contribution in [0.2, 0.25) is 0 Å². The Kier molecular flexibility index (Phi) is 25.9. The summed E-state index contributed by atoms with van der Waals surface area (Å²) in [6.45, 7) is 3.29. The highest BCUT2D eigenvalue weighted by Gasteiger charge is 2.35. The fraction of sp³-hybridized carbons (Fsp3) is 0.511. The maximum absolute atomic E-state index is 14.4. The lowest BCUT2D eigenvalue weighted by atomic mass is 9.99. The molecule has 2 aromatic carbocycles. The molecule has 7 atom stereocenters. The monoisotopic (exact) mass is 971 g/mol. The third kappa shape index (κ3) is 21.8. The van der Waals surface area contributed by atoms with E-state index in [0.29, 0.717) is 24.0 Å². The third-order valence-corrected chi connectivity index (χ3v) is 10.7. The molecular formula is C45H65N9O13S. The lowest BCUT2D eigenvalue weighted by Gasteiger charge is -2.28. The fourth-order valence-corrected chi connectivity index (χ4v) is 6.98. The van der Waals surface area contributed by atoms with Gasteiger partial charge in [0, 0.05) is 31.4 Å². The van der Waals surface area contributed by atoms with Crippen molar-refractivity contribution < 1.29 is 63.3 Å². The van der Waals surface area contributed by atoms with Gasteiger partial charge in [-0.15, -0.1) is 0 Å². The first-order chi connectivity index (χ1) is 32.3. The third-order valence-electron chi connectivity index (χ3n) is 10.3.